The first-order chi connectivity index (χ1) is 7.08. The summed E-state index contributed by atoms with van der Waals surface area (Å²) in [5.74, 6) is -1.15. The van der Waals surface area contributed by atoms with E-state index in [-0.39, 0.29) is 10.2 Å². The van der Waals surface area contributed by atoms with Gasteiger partial charge in [-0.25, -0.2) is 8.78 Å². The number of benzene rings is 1. The van der Waals surface area contributed by atoms with Gasteiger partial charge in [0.05, 0.1) is 16.2 Å². The molecule has 0 spiro atoms. The first-order valence-corrected chi connectivity index (χ1v) is 5.18. The minimum absolute atomic E-state index is 0.00380. The van der Waals surface area contributed by atoms with E-state index < -0.39 is 17.7 Å². The minimum atomic E-state index is -0.586. The fraction of sp³-hybridized carbons (Fsp3) is 0.300. The van der Waals surface area contributed by atoms with Crippen LogP contribution in [0.2, 0.25) is 0 Å². The summed E-state index contributed by atoms with van der Waals surface area (Å²) in [6, 6.07) is 3.49. The molecule has 15 heavy (non-hydrogen) atoms. The van der Waals surface area contributed by atoms with E-state index in [1.807, 2.05) is 6.07 Å². The van der Waals surface area contributed by atoms with Crippen molar-refractivity contribution >= 4 is 21.6 Å². The summed E-state index contributed by atoms with van der Waals surface area (Å²) in [7, 11) is 0. The molecule has 0 heterocycles. The molecular formula is C10H9BrF2N2. The Labute approximate surface area is 95.0 Å². The van der Waals surface area contributed by atoms with Gasteiger partial charge in [-0.2, -0.15) is 5.26 Å². The average Bonchev–Trinajstić information content (AvgIpc) is 2.21. The lowest BCUT2D eigenvalue weighted by molar-refractivity contribution is 0.595. The van der Waals surface area contributed by atoms with Crippen LogP contribution in [0.5, 0.6) is 0 Å². The van der Waals surface area contributed by atoms with Crippen LogP contribution in [0.4, 0.5) is 14.5 Å². The van der Waals surface area contributed by atoms with Crippen molar-refractivity contribution in [1.82, 2.24) is 0 Å². The van der Waals surface area contributed by atoms with Crippen LogP contribution >= 0.6 is 15.9 Å². The Morgan fingerprint density at radius 1 is 1.47 bits per heavy atom. The van der Waals surface area contributed by atoms with E-state index in [2.05, 4.69) is 21.2 Å². The van der Waals surface area contributed by atoms with Gasteiger partial charge < -0.3 is 5.32 Å². The van der Waals surface area contributed by atoms with Gasteiger partial charge in [0.25, 0.3) is 0 Å². The molecular weight excluding hydrogens is 266 g/mol. The zero-order chi connectivity index (χ0) is 11.4. The van der Waals surface area contributed by atoms with Crippen molar-refractivity contribution in [3.8, 4) is 6.07 Å². The van der Waals surface area contributed by atoms with E-state index in [4.69, 9.17) is 5.26 Å². The Balaban J connectivity index is 2.96. The second-order valence-corrected chi connectivity index (χ2v) is 3.83. The van der Waals surface area contributed by atoms with Crippen molar-refractivity contribution in [1.29, 1.82) is 5.26 Å². The second kappa shape index (κ2) is 5.08. The molecule has 0 saturated heterocycles. The van der Waals surface area contributed by atoms with E-state index in [1.54, 1.807) is 6.92 Å². The van der Waals surface area contributed by atoms with Crippen LogP contribution in [0.3, 0.4) is 0 Å². The van der Waals surface area contributed by atoms with E-state index in [0.29, 0.717) is 6.42 Å². The molecule has 0 aliphatic rings. The summed E-state index contributed by atoms with van der Waals surface area (Å²) in [6.45, 7) is 1.79. The highest BCUT2D eigenvalue weighted by Crippen LogP contribution is 2.23. The van der Waals surface area contributed by atoms with Gasteiger partial charge in [-0.1, -0.05) is 6.92 Å². The van der Waals surface area contributed by atoms with Gasteiger partial charge in [-0.15, -0.1) is 0 Å². The third-order valence-corrected chi connectivity index (χ3v) is 2.51. The normalized spacial score (nSPS) is 11.9. The number of rotatable bonds is 3. The Bertz CT molecular complexity index is 401. The Kier molecular flexibility index (Phi) is 4.04. The molecule has 0 bridgehead atoms. The average molecular weight is 275 g/mol. The van der Waals surface area contributed by atoms with Gasteiger partial charge in [0.1, 0.15) is 17.7 Å². The summed E-state index contributed by atoms with van der Waals surface area (Å²) >= 11 is 2.87. The zero-order valence-corrected chi connectivity index (χ0v) is 9.61. The highest BCUT2D eigenvalue weighted by atomic mass is 79.9. The molecule has 1 N–H and O–H groups in total. The summed E-state index contributed by atoms with van der Waals surface area (Å²) < 4.78 is 26.4. The summed E-state index contributed by atoms with van der Waals surface area (Å²) in [5, 5.41) is 11.3. The minimum Gasteiger partial charge on any atom is -0.367 e. The standard InChI is InChI=1S/C10H9BrF2N2/c1-2-6(5-14)15-10-4-8(12)7(11)3-9(10)13/h3-4,6,15H,2H2,1H3. The first-order valence-electron chi connectivity index (χ1n) is 4.39. The number of hydrogen-bond donors (Lipinski definition) is 1. The third-order valence-electron chi connectivity index (χ3n) is 1.90. The maximum atomic E-state index is 13.3. The maximum absolute atomic E-state index is 13.3. The Morgan fingerprint density at radius 2 is 2.13 bits per heavy atom. The van der Waals surface area contributed by atoms with E-state index in [1.165, 1.54) is 0 Å². The Morgan fingerprint density at radius 3 is 2.67 bits per heavy atom. The molecule has 1 rings (SSSR count). The quantitative estimate of drug-likeness (QED) is 0.858. The van der Waals surface area contributed by atoms with Crippen LogP contribution in [-0.4, -0.2) is 6.04 Å². The molecule has 0 fully saturated rings. The largest absolute Gasteiger partial charge is 0.367 e. The molecule has 2 nitrogen and oxygen atoms in total. The van der Waals surface area contributed by atoms with Gasteiger partial charge >= 0.3 is 0 Å². The van der Waals surface area contributed by atoms with Crippen LogP contribution in [-0.2, 0) is 0 Å². The first kappa shape index (κ1) is 11.9. The molecule has 0 aliphatic carbocycles. The fourth-order valence-corrected chi connectivity index (χ4v) is 1.36. The molecule has 0 aliphatic heterocycles. The molecule has 1 atom stereocenters. The lowest BCUT2D eigenvalue weighted by Gasteiger charge is -2.11. The zero-order valence-electron chi connectivity index (χ0n) is 8.02. The van der Waals surface area contributed by atoms with Crippen LogP contribution in [0, 0.1) is 23.0 Å². The van der Waals surface area contributed by atoms with E-state index in [0.717, 1.165) is 12.1 Å². The van der Waals surface area contributed by atoms with Crippen LogP contribution in [0.25, 0.3) is 0 Å². The molecule has 0 amide bonds. The fourth-order valence-electron chi connectivity index (χ4n) is 1.05. The number of halogens is 3. The van der Waals surface area contributed by atoms with Crippen molar-refractivity contribution in [2.45, 2.75) is 19.4 Å². The molecule has 80 valence electrons. The van der Waals surface area contributed by atoms with Crippen LogP contribution < -0.4 is 5.32 Å². The highest BCUT2D eigenvalue weighted by molar-refractivity contribution is 9.10. The summed E-state index contributed by atoms with van der Waals surface area (Å²) in [5.41, 5.74) is 0.00380. The number of nitriles is 1. The SMILES string of the molecule is CCC(C#N)Nc1cc(F)c(Br)cc1F. The van der Waals surface area contributed by atoms with Crippen LogP contribution in [0.1, 0.15) is 13.3 Å². The number of nitrogens with zero attached hydrogens (tertiary/aromatic N) is 1. The lowest BCUT2D eigenvalue weighted by atomic mass is 10.2. The molecule has 1 aromatic carbocycles. The molecule has 0 aromatic heterocycles. The number of hydrogen-bond acceptors (Lipinski definition) is 2. The Hall–Kier alpha value is -1.15. The van der Waals surface area contributed by atoms with E-state index in [9.17, 15) is 8.78 Å². The highest BCUT2D eigenvalue weighted by Gasteiger charge is 2.11. The van der Waals surface area contributed by atoms with E-state index >= 15 is 0 Å². The third kappa shape index (κ3) is 2.90. The smallest absolute Gasteiger partial charge is 0.147 e. The molecule has 1 aromatic rings. The van der Waals surface area contributed by atoms with Gasteiger partial charge in [-0.05, 0) is 28.4 Å². The molecule has 1 unspecified atom stereocenters. The van der Waals surface area contributed by atoms with Crippen molar-refractivity contribution in [2.24, 2.45) is 0 Å². The molecule has 5 heteroatoms. The van der Waals surface area contributed by atoms with Crippen molar-refractivity contribution in [3.05, 3.63) is 28.2 Å². The van der Waals surface area contributed by atoms with Gasteiger partial charge in [0.15, 0.2) is 0 Å². The van der Waals surface area contributed by atoms with Crippen LogP contribution in [0.15, 0.2) is 16.6 Å². The second-order valence-electron chi connectivity index (χ2n) is 2.98. The van der Waals surface area contributed by atoms with Gasteiger partial charge in [0, 0.05) is 6.07 Å². The topological polar surface area (TPSA) is 35.8 Å². The summed E-state index contributed by atoms with van der Waals surface area (Å²) in [4.78, 5) is 0. The monoisotopic (exact) mass is 274 g/mol. The van der Waals surface area contributed by atoms with Crippen molar-refractivity contribution < 1.29 is 8.78 Å². The van der Waals surface area contributed by atoms with Gasteiger partial charge in [0.2, 0.25) is 0 Å². The molecule has 0 radical (unpaired) electrons. The maximum Gasteiger partial charge on any atom is 0.147 e. The van der Waals surface area contributed by atoms with Crippen molar-refractivity contribution in [3.63, 3.8) is 0 Å². The van der Waals surface area contributed by atoms with Crippen molar-refractivity contribution in [2.75, 3.05) is 5.32 Å². The van der Waals surface area contributed by atoms with Gasteiger partial charge in [-0.3, -0.25) is 0 Å². The molecule has 0 saturated carbocycles. The number of nitrogens with one attached hydrogen (secondary N) is 1. The predicted molar refractivity (Wildman–Crippen MR) is 57.4 cm³/mol. The predicted octanol–water partition coefficient (Wildman–Crippen LogP) is 3.44. The number of anilines is 1. The summed E-state index contributed by atoms with van der Waals surface area (Å²) in [6.07, 6.45) is 0.521. The lowest BCUT2D eigenvalue weighted by Crippen LogP contribution is -2.16.